The molecule has 1 saturated carbocycles. The van der Waals surface area contributed by atoms with E-state index in [1.54, 1.807) is 29.2 Å². The van der Waals surface area contributed by atoms with Crippen LogP contribution in [0.25, 0.3) is 0 Å². The Labute approximate surface area is 340 Å². The molecule has 4 amide bonds. The molecule has 16 heteroatoms. The first kappa shape index (κ1) is 44.1. The number of aliphatic carboxylic acids is 1. The molecule has 13 nitrogen and oxygen atoms in total. The van der Waals surface area contributed by atoms with Crippen LogP contribution in [0.3, 0.4) is 0 Å². The van der Waals surface area contributed by atoms with E-state index in [-0.39, 0.29) is 24.0 Å². The van der Waals surface area contributed by atoms with E-state index < -0.39 is 78.0 Å². The van der Waals surface area contributed by atoms with Gasteiger partial charge >= 0.3 is 5.97 Å². The predicted molar refractivity (Wildman–Crippen MR) is 215 cm³/mol. The zero-order chi connectivity index (χ0) is 41.6. The Kier molecular flexibility index (Phi) is 16.4. The number of hydrogen-bond acceptors (Lipinski definition) is 9. The van der Waals surface area contributed by atoms with E-state index in [9.17, 15) is 43.0 Å². The highest BCUT2D eigenvalue weighted by atomic mass is 32.2. The van der Waals surface area contributed by atoms with Crippen molar-refractivity contribution in [1.82, 2.24) is 16.0 Å². The van der Waals surface area contributed by atoms with Crippen LogP contribution in [0.2, 0.25) is 0 Å². The van der Waals surface area contributed by atoms with E-state index in [0.717, 1.165) is 37.7 Å². The van der Waals surface area contributed by atoms with E-state index in [1.165, 1.54) is 60.3 Å². The number of aliphatic hydroxyl groups is 1. The zero-order valence-electron chi connectivity index (χ0n) is 32.1. The molecule has 58 heavy (non-hydrogen) atoms. The third kappa shape index (κ3) is 12.5. The number of nitrogens with one attached hydrogen (secondary N) is 3. The largest absolute Gasteiger partial charge is 0.484 e. The number of nitrogens with two attached hydrogens (primary N) is 1. The molecule has 2 fully saturated rings. The molecule has 3 aromatic rings. The van der Waals surface area contributed by atoms with Crippen molar-refractivity contribution >= 4 is 47.0 Å². The SMILES string of the molecule is NCCCC[C@@H](NC(=O)[C@@H](CC1CCCCC1)NC(=O)CNC(=O)COc1ccc([C@@H]2[C@@H](SC[C@H](O)c3ccc(F)cc3)C(=O)N2c2ccc(F)cc2)cc1)C(=O)O. The number of hydrogen-bond donors (Lipinski definition) is 6. The maximum absolute atomic E-state index is 13.7. The number of amides is 4. The summed E-state index contributed by atoms with van der Waals surface area (Å²) in [6, 6.07) is 15.2. The van der Waals surface area contributed by atoms with Gasteiger partial charge in [-0.15, -0.1) is 11.8 Å². The summed E-state index contributed by atoms with van der Waals surface area (Å²) in [6.07, 6.45) is 5.70. The standard InChI is InChI=1S/C42H51F2N5O8S/c43-29-13-9-27(10-14-29)35(50)25-58-39-38(49(41(39)54)31-17-15-30(44)16-18-31)28-11-19-32(20-12-28)57-24-37(52)46-23-36(51)47-34(22-26-6-2-1-3-7-26)40(53)48-33(42(55)56)8-4-5-21-45/h9-20,26,33-35,38-39,50H,1-8,21-25,45H2,(H,46,52)(H,47,51)(H,48,53)(H,55,56)/t33-,34-,35+,38-,39-/m1/s1. The molecule has 1 aliphatic carbocycles. The van der Waals surface area contributed by atoms with Crippen molar-refractivity contribution in [3.8, 4) is 5.75 Å². The van der Waals surface area contributed by atoms with Gasteiger partial charge in [-0.3, -0.25) is 19.2 Å². The fourth-order valence-corrected chi connectivity index (χ4v) is 8.51. The van der Waals surface area contributed by atoms with Crippen LogP contribution in [0.15, 0.2) is 72.8 Å². The van der Waals surface area contributed by atoms with E-state index in [2.05, 4.69) is 16.0 Å². The summed E-state index contributed by atoms with van der Waals surface area (Å²) in [6.45, 7) is -0.453. The van der Waals surface area contributed by atoms with Gasteiger partial charge in [0.25, 0.3) is 5.91 Å². The molecule has 2 aliphatic rings. The lowest BCUT2D eigenvalue weighted by Crippen LogP contribution is -2.57. The van der Waals surface area contributed by atoms with Crippen LogP contribution in [0, 0.1) is 17.6 Å². The molecule has 1 saturated heterocycles. The first-order chi connectivity index (χ1) is 27.9. The number of unbranched alkanes of at least 4 members (excludes halogenated alkanes) is 1. The van der Waals surface area contributed by atoms with Crippen LogP contribution >= 0.6 is 11.8 Å². The number of ether oxygens (including phenoxy) is 1. The maximum atomic E-state index is 13.7. The molecule has 1 aliphatic heterocycles. The van der Waals surface area contributed by atoms with Crippen molar-refractivity contribution in [1.29, 1.82) is 0 Å². The highest BCUT2D eigenvalue weighted by molar-refractivity contribution is 8.00. The third-order valence-corrected chi connectivity index (χ3v) is 11.7. The first-order valence-corrected chi connectivity index (χ1v) is 20.6. The predicted octanol–water partition coefficient (Wildman–Crippen LogP) is 4.54. The monoisotopic (exact) mass is 823 g/mol. The number of aliphatic hydroxyl groups excluding tert-OH is 1. The summed E-state index contributed by atoms with van der Waals surface area (Å²) in [5, 5.41) is 27.5. The number of carboxylic acid groups (broad SMARTS) is 1. The first-order valence-electron chi connectivity index (χ1n) is 19.6. The van der Waals surface area contributed by atoms with Crippen LogP contribution in [-0.4, -0.2) is 82.6 Å². The summed E-state index contributed by atoms with van der Waals surface area (Å²) < 4.78 is 32.8. The van der Waals surface area contributed by atoms with Crippen molar-refractivity contribution in [2.75, 3.05) is 30.3 Å². The minimum atomic E-state index is -1.17. The Balaban J connectivity index is 1.15. The van der Waals surface area contributed by atoms with Gasteiger partial charge < -0.3 is 41.5 Å². The third-order valence-electron chi connectivity index (χ3n) is 10.4. The fraction of sp³-hybridized carbons (Fsp3) is 0.452. The number of anilines is 1. The Morgan fingerprint density at radius 3 is 2.16 bits per heavy atom. The Hall–Kier alpha value is -5.06. The number of thioether (sulfide) groups is 1. The van der Waals surface area contributed by atoms with Crippen LogP contribution in [-0.2, 0) is 24.0 Å². The number of carbonyl (C=O) groups excluding carboxylic acids is 4. The highest BCUT2D eigenvalue weighted by Gasteiger charge is 2.49. The molecule has 0 bridgehead atoms. The maximum Gasteiger partial charge on any atom is 0.326 e. The zero-order valence-corrected chi connectivity index (χ0v) is 32.9. The van der Waals surface area contributed by atoms with E-state index >= 15 is 0 Å². The van der Waals surface area contributed by atoms with Crippen molar-refractivity contribution in [2.24, 2.45) is 11.7 Å². The van der Waals surface area contributed by atoms with Gasteiger partial charge in [-0.25, -0.2) is 13.6 Å². The second-order valence-corrected chi connectivity index (χ2v) is 15.8. The topological polar surface area (TPSA) is 200 Å². The summed E-state index contributed by atoms with van der Waals surface area (Å²) in [4.78, 5) is 65.7. The van der Waals surface area contributed by atoms with Crippen LogP contribution in [0.4, 0.5) is 14.5 Å². The number of carbonyl (C=O) groups is 5. The van der Waals surface area contributed by atoms with E-state index in [1.807, 2.05) is 0 Å². The fourth-order valence-electron chi connectivity index (χ4n) is 7.21. The van der Waals surface area contributed by atoms with Gasteiger partial charge in [0, 0.05) is 11.4 Å². The average molecular weight is 824 g/mol. The quantitative estimate of drug-likeness (QED) is 0.0655. The molecular weight excluding hydrogens is 773 g/mol. The molecule has 1 heterocycles. The van der Waals surface area contributed by atoms with Gasteiger partial charge in [-0.05, 0) is 97.8 Å². The normalized spacial score (nSPS) is 18.3. The Morgan fingerprint density at radius 1 is 0.862 bits per heavy atom. The molecule has 0 spiro atoms. The minimum absolute atomic E-state index is 0.166. The lowest BCUT2D eigenvalue weighted by Gasteiger charge is -2.47. The Morgan fingerprint density at radius 2 is 1.52 bits per heavy atom. The molecule has 5 rings (SSSR count). The van der Waals surface area contributed by atoms with Crippen molar-refractivity contribution in [3.05, 3.63) is 95.6 Å². The summed E-state index contributed by atoms with van der Waals surface area (Å²) in [5.74, 6) is -3.36. The minimum Gasteiger partial charge on any atom is -0.484 e. The number of benzene rings is 3. The number of rotatable bonds is 21. The molecule has 0 radical (unpaired) electrons. The summed E-state index contributed by atoms with van der Waals surface area (Å²) >= 11 is 1.25. The molecular formula is C42H51F2N5O8S. The summed E-state index contributed by atoms with van der Waals surface area (Å²) in [5.41, 5.74) is 7.27. The average Bonchev–Trinajstić information content (AvgIpc) is 3.22. The molecule has 312 valence electrons. The molecule has 3 aromatic carbocycles. The molecule has 5 atom stereocenters. The highest BCUT2D eigenvalue weighted by Crippen LogP contribution is 2.46. The molecule has 0 unspecified atom stereocenters. The van der Waals surface area contributed by atoms with Gasteiger partial charge in [-0.1, -0.05) is 56.4 Å². The number of halogens is 2. The van der Waals surface area contributed by atoms with E-state index in [4.69, 9.17) is 10.5 Å². The van der Waals surface area contributed by atoms with Gasteiger partial charge in [0.15, 0.2) is 6.61 Å². The summed E-state index contributed by atoms with van der Waals surface area (Å²) in [7, 11) is 0. The van der Waals surface area contributed by atoms with Crippen molar-refractivity contribution < 1.29 is 47.7 Å². The van der Waals surface area contributed by atoms with Gasteiger partial charge in [-0.2, -0.15) is 0 Å². The molecule has 7 N–H and O–H groups in total. The second kappa shape index (κ2) is 21.6. The lowest BCUT2D eigenvalue weighted by atomic mass is 9.84. The van der Waals surface area contributed by atoms with Crippen LogP contribution in [0.1, 0.15) is 81.1 Å². The van der Waals surface area contributed by atoms with Gasteiger partial charge in [0.2, 0.25) is 17.7 Å². The lowest BCUT2D eigenvalue weighted by molar-refractivity contribution is -0.142. The smallest absolute Gasteiger partial charge is 0.326 e. The van der Waals surface area contributed by atoms with Crippen LogP contribution in [0.5, 0.6) is 5.75 Å². The van der Waals surface area contributed by atoms with Crippen molar-refractivity contribution in [2.45, 2.75) is 87.3 Å². The number of β-lactam (4-membered cyclic amide) rings is 1. The second-order valence-electron chi connectivity index (χ2n) is 14.6. The van der Waals surface area contributed by atoms with Gasteiger partial charge in [0.05, 0.1) is 18.7 Å². The van der Waals surface area contributed by atoms with E-state index in [0.29, 0.717) is 42.8 Å². The van der Waals surface area contributed by atoms with Crippen molar-refractivity contribution in [3.63, 3.8) is 0 Å². The number of carboxylic acids is 1. The number of nitrogens with zero attached hydrogens (tertiary/aromatic N) is 1. The Bertz CT molecular complexity index is 1850. The molecule has 0 aromatic heterocycles. The van der Waals surface area contributed by atoms with Gasteiger partial charge in [0.1, 0.15) is 34.7 Å². The van der Waals surface area contributed by atoms with Crippen LogP contribution < -0.4 is 31.3 Å².